The summed E-state index contributed by atoms with van der Waals surface area (Å²) < 4.78 is 0. The lowest BCUT2D eigenvalue weighted by Gasteiger charge is -2.03. The van der Waals surface area contributed by atoms with E-state index >= 15 is 0 Å². The molecule has 1 atom stereocenters. The maximum absolute atomic E-state index is 10.5. The van der Waals surface area contributed by atoms with E-state index in [1.165, 1.54) is 0 Å². The molecule has 0 saturated carbocycles. The van der Waals surface area contributed by atoms with Crippen molar-refractivity contribution in [1.29, 1.82) is 0 Å². The molecule has 0 N–H and O–H groups in total. The summed E-state index contributed by atoms with van der Waals surface area (Å²) in [6, 6.07) is 0. The zero-order valence-corrected chi connectivity index (χ0v) is 7.12. The van der Waals surface area contributed by atoms with Gasteiger partial charge in [-0.15, -0.1) is 0 Å². The second-order valence-corrected chi connectivity index (χ2v) is 3.56. The molecule has 0 aromatic carbocycles. The Bertz CT molecular complexity index is 90.9. The molecule has 0 aromatic rings. The third-order valence-corrected chi connectivity index (χ3v) is 2.35. The molecule has 54 valence electrons. The molecule has 0 aliphatic rings. The summed E-state index contributed by atoms with van der Waals surface area (Å²) in [6.07, 6.45) is 3.84. The Labute approximate surface area is 61.2 Å². The van der Waals surface area contributed by atoms with Crippen molar-refractivity contribution < 1.29 is 4.79 Å². The van der Waals surface area contributed by atoms with Gasteiger partial charge in [0.1, 0.15) is 5.78 Å². The minimum Gasteiger partial charge on any atom is -0.300 e. The molecule has 0 fully saturated rings. The summed E-state index contributed by atoms with van der Waals surface area (Å²) >= 11 is 1.81. The summed E-state index contributed by atoms with van der Waals surface area (Å²) in [5.74, 6) is 0.302. The number of Topliss-reactive ketones (excluding diaryl/α,β-unsaturated/α-hetero) is 1. The van der Waals surface area contributed by atoms with Crippen LogP contribution in [0.15, 0.2) is 0 Å². The monoisotopic (exact) mass is 146 g/mol. The van der Waals surface area contributed by atoms with E-state index in [0.717, 1.165) is 12.8 Å². The second-order valence-electron chi connectivity index (χ2n) is 2.29. The molecule has 0 bridgehead atoms. The molecule has 0 rings (SSSR count). The molecule has 1 nitrogen and oxygen atoms in total. The molecule has 1 unspecified atom stereocenters. The van der Waals surface area contributed by atoms with Crippen LogP contribution in [0.3, 0.4) is 0 Å². The molecule has 2 heteroatoms. The van der Waals surface area contributed by atoms with E-state index in [-0.39, 0.29) is 0 Å². The van der Waals surface area contributed by atoms with Gasteiger partial charge in [0.05, 0.1) is 0 Å². The van der Waals surface area contributed by atoms with Gasteiger partial charge in [-0.3, -0.25) is 0 Å². The zero-order valence-electron chi connectivity index (χ0n) is 6.31. The van der Waals surface area contributed by atoms with Crippen LogP contribution in [0, 0.1) is 0 Å². The summed E-state index contributed by atoms with van der Waals surface area (Å²) in [7, 11) is 0. The first-order valence-electron chi connectivity index (χ1n) is 3.19. The number of thioether (sulfide) groups is 1. The molecule has 9 heavy (non-hydrogen) atoms. The van der Waals surface area contributed by atoms with Crippen LogP contribution in [0.4, 0.5) is 0 Å². The maximum atomic E-state index is 10.5. The van der Waals surface area contributed by atoms with E-state index in [1.54, 1.807) is 6.92 Å². The van der Waals surface area contributed by atoms with Crippen molar-refractivity contribution in [2.75, 3.05) is 6.26 Å². The van der Waals surface area contributed by atoms with Crippen molar-refractivity contribution in [3.05, 3.63) is 0 Å². The van der Waals surface area contributed by atoms with Crippen molar-refractivity contribution in [2.24, 2.45) is 0 Å². The third kappa shape index (κ3) is 5.90. The molecule has 0 aliphatic carbocycles. The fraction of sp³-hybridized carbons (Fsp3) is 0.857. The van der Waals surface area contributed by atoms with Crippen molar-refractivity contribution in [1.82, 2.24) is 0 Å². The highest BCUT2D eigenvalue weighted by molar-refractivity contribution is 7.99. The van der Waals surface area contributed by atoms with E-state index in [0.29, 0.717) is 11.0 Å². The number of hydrogen-bond donors (Lipinski definition) is 0. The number of rotatable bonds is 4. The van der Waals surface area contributed by atoms with Crippen LogP contribution in [0.2, 0.25) is 0 Å². The van der Waals surface area contributed by atoms with Gasteiger partial charge >= 0.3 is 0 Å². The van der Waals surface area contributed by atoms with Gasteiger partial charge < -0.3 is 4.79 Å². The lowest BCUT2D eigenvalue weighted by molar-refractivity contribution is -0.117. The lowest BCUT2D eigenvalue weighted by Crippen LogP contribution is -1.98. The van der Waals surface area contributed by atoms with Gasteiger partial charge in [-0.25, -0.2) is 0 Å². The molecule has 0 aliphatic heterocycles. The number of hydrogen-bond acceptors (Lipinski definition) is 2. The van der Waals surface area contributed by atoms with Gasteiger partial charge in [0, 0.05) is 11.7 Å². The van der Waals surface area contributed by atoms with E-state index in [1.807, 2.05) is 11.8 Å². The van der Waals surface area contributed by atoms with E-state index in [4.69, 9.17) is 0 Å². The van der Waals surface area contributed by atoms with Crippen LogP contribution in [-0.4, -0.2) is 17.3 Å². The Morgan fingerprint density at radius 1 is 1.67 bits per heavy atom. The molecule has 0 spiro atoms. The van der Waals surface area contributed by atoms with Crippen LogP contribution >= 0.6 is 11.8 Å². The fourth-order valence-electron chi connectivity index (χ4n) is 0.524. The van der Waals surface area contributed by atoms with Gasteiger partial charge in [0.2, 0.25) is 0 Å². The van der Waals surface area contributed by atoms with E-state index in [9.17, 15) is 4.79 Å². The highest BCUT2D eigenvalue weighted by atomic mass is 32.2. The summed E-state index contributed by atoms with van der Waals surface area (Å²) in [6.45, 7) is 3.79. The minimum absolute atomic E-state index is 0.302. The van der Waals surface area contributed by atoms with Crippen molar-refractivity contribution >= 4 is 17.5 Å². The topological polar surface area (TPSA) is 17.1 Å². The maximum Gasteiger partial charge on any atom is 0.129 e. The van der Waals surface area contributed by atoms with E-state index < -0.39 is 0 Å². The van der Waals surface area contributed by atoms with Crippen LogP contribution < -0.4 is 0 Å². The van der Waals surface area contributed by atoms with Gasteiger partial charge in [-0.2, -0.15) is 11.8 Å². The molecule has 0 heterocycles. The molecule has 0 radical (unpaired) electrons. The van der Waals surface area contributed by atoms with Gasteiger partial charge in [0.15, 0.2) is 0 Å². The lowest BCUT2D eigenvalue weighted by atomic mass is 10.2. The average molecular weight is 146 g/mol. The number of ketones is 1. The van der Waals surface area contributed by atoms with Crippen molar-refractivity contribution in [2.45, 2.75) is 31.9 Å². The van der Waals surface area contributed by atoms with Crippen LogP contribution in [0.1, 0.15) is 26.7 Å². The van der Waals surface area contributed by atoms with Crippen LogP contribution in [0.5, 0.6) is 0 Å². The third-order valence-electron chi connectivity index (χ3n) is 1.31. The Morgan fingerprint density at radius 3 is 2.56 bits per heavy atom. The average Bonchev–Trinajstić information content (AvgIpc) is 1.83. The van der Waals surface area contributed by atoms with Crippen LogP contribution in [0.25, 0.3) is 0 Å². The number of carbonyl (C=O) groups is 1. The highest BCUT2D eigenvalue weighted by Crippen LogP contribution is 2.11. The fourth-order valence-corrected chi connectivity index (χ4v) is 0.878. The predicted molar refractivity (Wildman–Crippen MR) is 42.9 cm³/mol. The second kappa shape index (κ2) is 4.86. The van der Waals surface area contributed by atoms with Crippen molar-refractivity contribution in [3.63, 3.8) is 0 Å². The Morgan fingerprint density at radius 2 is 2.22 bits per heavy atom. The first-order valence-corrected chi connectivity index (χ1v) is 4.48. The quantitative estimate of drug-likeness (QED) is 0.604. The molecular formula is C7H14OS. The molecular weight excluding hydrogens is 132 g/mol. The largest absolute Gasteiger partial charge is 0.300 e. The molecule has 0 amide bonds. The van der Waals surface area contributed by atoms with Gasteiger partial charge in [-0.05, 0) is 19.6 Å². The van der Waals surface area contributed by atoms with Crippen LogP contribution in [-0.2, 0) is 4.79 Å². The molecule has 0 aromatic heterocycles. The Kier molecular flexibility index (Phi) is 4.87. The Balaban J connectivity index is 3.16. The summed E-state index contributed by atoms with van der Waals surface area (Å²) in [4.78, 5) is 10.5. The van der Waals surface area contributed by atoms with Gasteiger partial charge in [0.25, 0.3) is 0 Å². The van der Waals surface area contributed by atoms with Crippen molar-refractivity contribution in [3.8, 4) is 0 Å². The van der Waals surface area contributed by atoms with E-state index in [2.05, 4.69) is 13.2 Å². The standard InChI is InChI=1S/C7H14OS/c1-6(8)4-5-7(2)9-3/h7H,4-5H2,1-3H3. The normalized spacial score (nSPS) is 13.2. The molecule has 0 saturated heterocycles. The smallest absolute Gasteiger partial charge is 0.129 e. The SMILES string of the molecule is CSC(C)CCC(C)=O. The first kappa shape index (κ1) is 9.02. The zero-order chi connectivity index (χ0) is 7.28. The minimum atomic E-state index is 0.302. The first-order chi connectivity index (χ1) is 4.16. The Hall–Kier alpha value is 0.0200. The summed E-state index contributed by atoms with van der Waals surface area (Å²) in [5.41, 5.74) is 0. The predicted octanol–water partition coefficient (Wildman–Crippen LogP) is 2.11. The number of carbonyl (C=O) groups excluding carboxylic acids is 1. The highest BCUT2D eigenvalue weighted by Gasteiger charge is 1.99. The summed E-state index contributed by atoms with van der Waals surface area (Å²) in [5, 5.41) is 0.633. The van der Waals surface area contributed by atoms with Gasteiger partial charge in [-0.1, -0.05) is 6.92 Å².